The Morgan fingerprint density at radius 1 is 1.69 bits per heavy atom. The number of rotatable bonds is 1. The highest BCUT2D eigenvalue weighted by atomic mass is 32.2. The van der Waals surface area contributed by atoms with Gasteiger partial charge in [-0.15, -0.1) is 0 Å². The lowest BCUT2D eigenvalue weighted by Gasteiger charge is -2.21. The van der Waals surface area contributed by atoms with Crippen LogP contribution in [0, 0.1) is 0 Å². The van der Waals surface area contributed by atoms with Crippen molar-refractivity contribution in [3.05, 3.63) is 22.1 Å². The van der Waals surface area contributed by atoms with E-state index in [9.17, 15) is 4.79 Å². The van der Waals surface area contributed by atoms with Crippen LogP contribution in [0.3, 0.4) is 0 Å². The van der Waals surface area contributed by atoms with Gasteiger partial charge in [-0.2, -0.15) is 11.8 Å². The number of hydrogen-bond donors (Lipinski definition) is 2. The molecule has 0 spiro atoms. The lowest BCUT2D eigenvalue weighted by molar-refractivity contribution is 0.591. The van der Waals surface area contributed by atoms with Gasteiger partial charge in [-0.25, -0.2) is 0 Å². The van der Waals surface area contributed by atoms with Gasteiger partial charge in [0.1, 0.15) is 0 Å². The molecule has 0 amide bonds. The van der Waals surface area contributed by atoms with Crippen molar-refractivity contribution < 1.29 is 0 Å². The quantitative estimate of drug-likeness (QED) is 0.674. The molecule has 2 rings (SSSR count). The third kappa shape index (κ3) is 1.81. The number of H-pyrrole nitrogens is 1. The zero-order valence-electron chi connectivity index (χ0n) is 7.54. The van der Waals surface area contributed by atoms with Crippen LogP contribution in [0.25, 0.3) is 0 Å². The second-order valence-corrected chi connectivity index (χ2v) is 4.37. The van der Waals surface area contributed by atoms with E-state index in [1.807, 2.05) is 25.0 Å². The molecule has 1 unspecified atom stereocenters. The van der Waals surface area contributed by atoms with Crippen LogP contribution in [0.2, 0.25) is 0 Å². The molecule has 0 radical (unpaired) electrons. The third-order valence-corrected chi connectivity index (χ3v) is 3.23. The van der Waals surface area contributed by atoms with Crippen LogP contribution in [0.1, 0.15) is 11.6 Å². The van der Waals surface area contributed by atoms with Crippen molar-refractivity contribution in [2.45, 2.75) is 6.04 Å². The summed E-state index contributed by atoms with van der Waals surface area (Å²) in [5.41, 5.74) is 0.886. The lowest BCUT2D eigenvalue weighted by Crippen LogP contribution is -2.32. The standard InChI is InChI=1S/C8H13N3OS/c1-11-4-6(8(12)10-11)7-5-13-3-2-9-7/h4,7,9H,2-3,5H2,1H3,(H,10,12). The van der Waals surface area contributed by atoms with Gasteiger partial charge in [0.2, 0.25) is 0 Å². The predicted octanol–water partition coefficient (Wildman–Crippen LogP) is 0.0909. The van der Waals surface area contributed by atoms with Gasteiger partial charge in [0.25, 0.3) is 5.56 Å². The molecule has 1 aliphatic rings. The average Bonchev–Trinajstić information content (AvgIpc) is 2.47. The van der Waals surface area contributed by atoms with Crippen molar-refractivity contribution in [2.75, 3.05) is 18.1 Å². The van der Waals surface area contributed by atoms with E-state index in [4.69, 9.17) is 0 Å². The molecule has 13 heavy (non-hydrogen) atoms. The minimum atomic E-state index is 0.0301. The van der Waals surface area contributed by atoms with Crippen LogP contribution in [0.5, 0.6) is 0 Å². The number of aromatic nitrogens is 2. The first kappa shape index (κ1) is 8.90. The van der Waals surface area contributed by atoms with E-state index in [0.717, 1.165) is 23.6 Å². The van der Waals surface area contributed by atoms with Gasteiger partial charge in [0, 0.05) is 37.3 Å². The molecule has 5 heteroatoms. The smallest absolute Gasteiger partial charge is 0.268 e. The molecule has 1 aromatic rings. The Hall–Kier alpha value is -0.680. The number of nitrogens with zero attached hydrogens (tertiary/aromatic N) is 1. The van der Waals surface area contributed by atoms with Crippen LogP contribution in [0.15, 0.2) is 11.0 Å². The van der Waals surface area contributed by atoms with Gasteiger partial charge in [0.05, 0.1) is 5.56 Å². The Labute approximate surface area is 80.7 Å². The summed E-state index contributed by atoms with van der Waals surface area (Å²) in [4.78, 5) is 11.4. The van der Waals surface area contributed by atoms with E-state index in [0.29, 0.717) is 0 Å². The maximum atomic E-state index is 11.4. The Kier molecular flexibility index (Phi) is 2.46. The maximum absolute atomic E-state index is 11.4. The van der Waals surface area contributed by atoms with E-state index in [1.165, 1.54) is 0 Å². The average molecular weight is 199 g/mol. The molecule has 1 atom stereocenters. The van der Waals surface area contributed by atoms with E-state index in [2.05, 4.69) is 10.4 Å². The van der Waals surface area contributed by atoms with Crippen LogP contribution in [-0.4, -0.2) is 27.8 Å². The van der Waals surface area contributed by atoms with Gasteiger partial charge >= 0.3 is 0 Å². The van der Waals surface area contributed by atoms with Crippen LogP contribution < -0.4 is 10.9 Å². The molecule has 1 saturated heterocycles. The zero-order valence-corrected chi connectivity index (χ0v) is 8.36. The van der Waals surface area contributed by atoms with Crippen molar-refractivity contribution >= 4 is 11.8 Å². The molecule has 0 bridgehead atoms. The minimum absolute atomic E-state index is 0.0301. The summed E-state index contributed by atoms with van der Waals surface area (Å²) < 4.78 is 1.71. The second-order valence-electron chi connectivity index (χ2n) is 3.22. The number of aryl methyl sites for hydroxylation is 1. The molecular formula is C8H13N3OS. The fourth-order valence-corrected chi connectivity index (χ4v) is 2.50. The fourth-order valence-electron chi connectivity index (χ4n) is 1.54. The molecule has 1 aromatic heterocycles. The summed E-state index contributed by atoms with van der Waals surface area (Å²) in [5, 5.41) is 6.05. The summed E-state index contributed by atoms with van der Waals surface area (Å²) >= 11 is 1.89. The van der Waals surface area contributed by atoms with Crippen molar-refractivity contribution in [1.29, 1.82) is 0 Å². The minimum Gasteiger partial charge on any atom is -0.308 e. The highest BCUT2D eigenvalue weighted by molar-refractivity contribution is 7.99. The monoisotopic (exact) mass is 199 g/mol. The van der Waals surface area contributed by atoms with Crippen molar-refractivity contribution in [3.63, 3.8) is 0 Å². The maximum Gasteiger partial charge on any atom is 0.268 e. The summed E-state index contributed by atoms with van der Waals surface area (Å²) in [6.07, 6.45) is 1.87. The topological polar surface area (TPSA) is 49.8 Å². The van der Waals surface area contributed by atoms with E-state index >= 15 is 0 Å². The number of nitrogens with one attached hydrogen (secondary N) is 2. The molecule has 0 saturated carbocycles. The first-order valence-electron chi connectivity index (χ1n) is 4.34. The molecule has 1 fully saturated rings. The Bertz CT molecular complexity index is 337. The molecule has 1 aliphatic heterocycles. The Morgan fingerprint density at radius 2 is 2.54 bits per heavy atom. The molecular weight excluding hydrogens is 186 g/mol. The Balaban J connectivity index is 2.23. The predicted molar refractivity (Wildman–Crippen MR) is 54.1 cm³/mol. The first-order valence-corrected chi connectivity index (χ1v) is 5.49. The highest BCUT2D eigenvalue weighted by Gasteiger charge is 2.18. The summed E-state index contributed by atoms with van der Waals surface area (Å²) in [6.45, 7) is 0.990. The van der Waals surface area contributed by atoms with Gasteiger partial charge < -0.3 is 5.32 Å². The van der Waals surface area contributed by atoms with E-state index in [1.54, 1.807) is 4.68 Å². The van der Waals surface area contributed by atoms with Crippen LogP contribution in [-0.2, 0) is 7.05 Å². The normalized spacial score (nSPS) is 23.3. The largest absolute Gasteiger partial charge is 0.308 e. The van der Waals surface area contributed by atoms with Crippen LogP contribution >= 0.6 is 11.8 Å². The lowest BCUT2D eigenvalue weighted by atomic mass is 10.2. The number of thioether (sulfide) groups is 1. The molecule has 0 aromatic carbocycles. The van der Waals surface area contributed by atoms with Crippen LogP contribution in [0.4, 0.5) is 0 Å². The van der Waals surface area contributed by atoms with E-state index < -0.39 is 0 Å². The van der Waals surface area contributed by atoms with Gasteiger partial charge in [-0.1, -0.05) is 0 Å². The molecule has 2 heterocycles. The SMILES string of the molecule is Cn1cc(C2CSCCN2)c(=O)[nH]1. The van der Waals surface area contributed by atoms with E-state index in [-0.39, 0.29) is 11.6 Å². The first-order chi connectivity index (χ1) is 6.27. The second kappa shape index (κ2) is 3.59. The van der Waals surface area contributed by atoms with Crippen molar-refractivity contribution in [3.8, 4) is 0 Å². The molecule has 2 N–H and O–H groups in total. The number of hydrogen-bond acceptors (Lipinski definition) is 3. The molecule has 72 valence electrons. The third-order valence-electron chi connectivity index (χ3n) is 2.17. The van der Waals surface area contributed by atoms with Gasteiger partial charge in [0.15, 0.2) is 0 Å². The summed E-state index contributed by atoms with van der Waals surface area (Å²) in [6, 6.07) is 0.226. The van der Waals surface area contributed by atoms with Crippen molar-refractivity contribution in [2.24, 2.45) is 7.05 Å². The summed E-state index contributed by atoms with van der Waals surface area (Å²) in [7, 11) is 1.83. The molecule has 4 nitrogen and oxygen atoms in total. The summed E-state index contributed by atoms with van der Waals surface area (Å²) in [5.74, 6) is 2.13. The molecule has 0 aliphatic carbocycles. The zero-order chi connectivity index (χ0) is 9.26. The van der Waals surface area contributed by atoms with Gasteiger partial charge in [-0.05, 0) is 0 Å². The van der Waals surface area contributed by atoms with Gasteiger partial charge in [-0.3, -0.25) is 14.6 Å². The number of aromatic amines is 1. The highest BCUT2D eigenvalue weighted by Crippen LogP contribution is 2.18. The Morgan fingerprint density at radius 3 is 3.08 bits per heavy atom. The fraction of sp³-hybridized carbons (Fsp3) is 0.625. The van der Waals surface area contributed by atoms with Crippen molar-refractivity contribution in [1.82, 2.24) is 15.1 Å².